The zero-order valence-electron chi connectivity index (χ0n) is 15.6. The Kier molecular flexibility index (Phi) is 5.73. The van der Waals surface area contributed by atoms with Gasteiger partial charge < -0.3 is 9.47 Å². The van der Waals surface area contributed by atoms with Gasteiger partial charge in [0.05, 0.1) is 18.9 Å². The van der Waals surface area contributed by atoms with Crippen LogP contribution in [0.25, 0.3) is 5.69 Å². The molecule has 1 aromatic carbocycles. The summed E-state index contributed by atoms with van der Waals surface area (Å²) in [4.78, 5) is 4.74. The molecule has 1 aliphatic rings. The Morgan fingerprint density at radius 2 is 2.04 bits per heavy atom. The van der Waals surface area contributed by atoms with Gasteiger partial charge in [0, 0.05) is 39.0 Å². The van der Waals surface area contributed by atoms with Gasteiger partial charge in [-0.15, -0.1) is 0 Å². The standard InChI is InChI=1S/C19H28N4O2/c1-21(13-16-11-17(24-3)14-22(16)2)12-15-9-10-20-23(15)18-7-5-6-8-19(18)25-4/h5-10,16-17H,11-14H2,1-4H3/t16-,17-/m0/s1. The highest BCUT2D eigenvalue weighted by Crippen LogP contribution is 2.24. The number of methoxy groups -OCH3 is 2. The van der Waals surface area contributed by atoms with Gasteiger partial charge in [-0.1, -0.05) is 12.1 Å². The molecule has 1 aliphatic heterocycles. The second-order valence-electron chi connectivity index (χ2n) is 6.79. The first-order valence-corrected chi connectivity index (χ1v) is 8.70. The number of nitrogens with zero attached hydrogens (tertiary/aromatic N) is 4. The molecule has 2 atom stereocenters. The number of likely N-dealkylation sites (N-methyl/N-ethyl adjacent to an activating group) is 2. The predicted molar refractivity (Wildman–Crippen MR) is 98.3 cm³/mol. The minimum absolute atomic E-state index is 0.350. The predicted octanol–water partition coefficient (Wildman–Crippen LogP) is 2.03. The Labute approximate surface area is 149 Å². The molecule has 1 fully saturated rings. The number of hydrogen-bond donors (Lipinski definition) is 0. The third kappa shape index (κ3) is 4.03. The molecule has 0 bridgehead atoms. The van der Waals surface area contributed by atoms with Crippen molar-refractivity contribution in [3.05, 3.63) is 42.2 Å². The highest BCUT2D eigenvalue weighted by molar-refractivity contribution is 5.46. The highest BCUT2D eigenvalue weighted by atomic mass is 16.5. The maximum atomic E-state index is 5.51. The minimum atomic E-state index is 0.350. The van der Waals surface area contributed by atoms with Crippen molar-refractivity contribution in [1.29, 1.82) is 0 Å². The second kappa shape index (κ2) is 7.99. The van der Waals surface area contributed by atoms with Crippen molar-refractivity contribution in [2.24, 2.45) is 0 Å². The molecular weight excluding hydrogens is 316 g/mol. The van der Waals surface area contributed by atoms with E-state index in [1.165, 1.54) is 0 Å². The third-order valence-electron chi connectivity index (χ3n) is 4.97. The molecule has 2 aromatic rings. The fourth-order valence-electron chi connectivity index (χ4n) is 3.59. The van der Waals surface area contributed by atoms with Gasteiger partial charge in [0.1, 0.15) is 11.4 Å². The molecule has 0 aliphatic carbocycles. The van der Waals surface area contributed by atoms with E-state index < -0.39 is 0 Å². The van der Waals surface area contributed by atoms with Gasteiger partial charge in [-0.2, -0.15) is 5.10 Å². The average Bonchev–Trinajstić information content (AvgIpc) is 3.21. The number of likely N-dealkylation sites (tertiary alicyclic amines) is 1. The van der Waals surface area contributed by atoms with E-state index in [0.29, 0.717) is 12.1 Å². The van der Waals surface area contributed by atoms with Gasteiger partial charge in [-0.25, -0.2) is 4.68 Å². The van der Waals surface area contributed by atoms with Crippen molar-refractivity contribution in [3.63, 3.8) is 0 Å². The topological polar surface area (TPSA) is 42.8 Å². The second-order valence-corrected chi connectivity index (χ2v) is 6.79. The number of hydrogen-bond acceptors (Lipinski definition) is 5. The van der Waals surface area contributed by atoms with Crippen molar-refractivity contribution >= 4 is 0 Å². The molecule has 136 valence electrons. The molecule has 6 heteroatoms. The molecule has 3 rings (SSSR count). The van der Waals surface area contributed by atoms with Crippen LogP contribution in [0.4, 0.5) is 0 Å². The number of benzene rings is 1. The first-order chi connectivity index (χ1) is 12.1. The number of aromatic nitrogens is 2. The summed E-state index contributed by atoms with van der Waals surface area (Å²) in [6.07, 6.45) is 3.28. The lowest BCUT2D eigenvalue weighted by molar-refractivity contribution is 0.111. The van der Waals surface area contributed by atoms with E-state index >= 15 is 0 Å². The zero-order valence-corrected chi connectivity index (χ0v) is 15.6. The highest BCUT2D eigenvalue weighted by Gasteiger charge is 2.30. The van der Waals surface area contributed by atoms with E-state index in [2.05, 4.69) is 35.1 Å². The van der Waals surface area contributed by atoms with Gasteiger partial charge in [0.2, 0.25) is 0 Å². The quantitative estimate of drug-likeness (QED) is 0.769. The molecule has 0 N–H and O–H groups in total. The Balaban J connectivity index is 1.69. The Hall–Kier alpha value is -1.89. The Morgan fingerprint density at radius 3 is 2.76 bits per heavy atom. The van der Waals surface area contributed by atoms with E-state index in [4.69, 9.17) is 9.47 Å². The summed E-state index contributed by atoms with van der Waals surface area (Å²) in [6, 6.07) is 10.6. The van der Waals surface area contributed by atoms with Crippen molar-refractivity contribution in [2.45, 2.75) is 25.1 Å². The third-order valence-corrected chi connectivity index (χ3v) is 4.97. The summed E-state index contributed by atoms with van der Waals surface area (Å²) in [5, 5.41) is 4.50. The maximum absolute atomic E-state index is 5.51. The molecule has 2 heterocycles. The molecular formula is C19H28N4O2. The normalized spacial score (nSPS) is 21.2. The van der Waals surface area contributed by atoms with E-state index in [-0.39, 0.29) is 0 Å². The SMILES string of the molecule is COc1ccccc1-n1nccc1CN(C)C[C@@H]1C[C@H](OC)CN1C. The van der Waals surface area contributed by atoms with Gasteiger partial charge in [0.15, 0.2) is 0 Å². The van der Waals surface area contributed by atoms with Gasteiger partial charge in [0.25, 0.3) is 0 Å². The van der Waals surface area contributed by atoms with Crippen LogP contribution in [0.3, 0.4) is 0 Å². The van der Waals surface area contributed by atoms with Crippen molar-refractivity contribution in [2.75, 3.05) is 41.4 Å². The molecule has 0 radical (unpaired) electrons. The largest absolute Gasteiger partial charge is 0.494 e. The van der Waals surface area contributed by atoms with Gasteiger partial charge in [-0.05, 0) is 38.7 Å². The maximum Gasteiger partial charge on any atom is 0.144 e. The lowest BCUT2D eigenvalue weighted by Gasteiger charge is -2.25. The van der Waals surface area contributed by atoms with E-state index in [0.717, 1.165) is 43.2 Å². The summed E-state index contributed by atoms with van der Waals surface area (Å²) < 4.78 is 13.0. The molecule has 1 aromatic heterocycles. The lowest BCUT2D eigenvalue weighted by Crippen LogP contribution is -2.36. The molecule has 0 amide bonds. The lowest BCUT2D eigenvalue weighted by atomic mass is 10.2. The summed E-state index contributed by atoms with van der Waals surface area (Å²) in [7, 11) is 7.83. The van der Waals surface area contributed by atoms with E-state index in [1.807, 2.05) is 35.1 Å². The molecule has 1 saturated heterocycles. The van der Waals surface area contributed by atoms with Crippen molar-refractivity contribution in [3.8, 4) is 11.4 Å². The van der Waals surface area contributed by atoms with Crippen LogP contribution in [0.5, 0.6) is 5.75 Å². The number of rotatable bonds is 7. The van der Waals surface area contributed by atoms with Gasteiger partial charge >= 0.3 is 0 Å². The molecule has 6 nitrogen and oxygen atoms in total. The smallest absolute Gasteiger partial charge is 0.144 e. The number of ether oxygens (including phenoxy) is 2. The Morgan fingerprint density at radius 1 is 1.24 bits per heavy atom. The minimum Gasteiger partial charge on any atom is -0.494 e. The zero-order chi connectivity index (χ0) is 17.8. The number of para-hydroxylation sites is 2. The van der Waals surface area contributed by atoms with Crippen LogP contribution in [0.15, 0.2) is 36.5 Å². The van der Waals surface area contributed by atoms with Crippen LogP contribution < -0.4 is 4.74 Å². The molecule has 0 spiro atoms. The van der Waals surface area contributed by atoms with Crippen LogP contribution in [0.2, 0.25) is 0 Å². The summed E-state index contributed by atoms with van der Waals surface area (Å²) >= 11 is 0. The summed E-state index contributed by atoms with van der Waals surface area (Å²) in [6.45, 7) is 2.85. The van der Waals surface area contributed by atoms with Crippen LogP contribution in [0.1, 0.15) is 12.1 Å². The fraction of sp³-hybridized carbons (Fsp3) is 0.526. The summed E-state index contributed by atoms with van der Waals surface area (Å²) in [5.41, 5.74) is 2.12. The molecule has 0 saturated carbocycles. The molecule has 25 heavy (non-hydrogen) atoms. The van der Waals surface area contributed by atoms with Crippen LogP contribution >= 0.6 is 0 Å². The van der Waals surface area contributed by atoms with Crippen LogP contribution in [-0.2, 0) is 11.3 Å². The van der Waals surface area contributed by atoms with Crippen molar-refractivity contribution < 1.29 is 9.47 Å². The van der Waals surface area contributed by atoms with Crippen LogP contribution in [-0.4, -0.2) is 73.1 Å². The average molecular weight is 344 g/mol. The fourth-order valence-corrected chi connectivity index (χ4v) is 3.59. The van der Waals surface area contributed by atoms with Crippen LogP contribution in [0, 0.1) is 0 Å². The first-order valence-electron chi connectivity index (χ1n) is 8.70. The van der Waals surface area contributed by atoms with Crippen molar-refractivity contribution in [1.82, 2.24) is 19.6 Å². The molecule has 0 unspecified atom stereocenters. The van der Waals surface area contributed by atoms with E-state index in [9.17, 15) is 0 Å². The first kappa shape index (κ1) is 17.9. The van der Waals surface area contributed by atoms with E-state index in [1.54, 1.807) is 14.2 Å². The Bertz CT molecular complexity index is 688. The van der Waals surface area contributed by atoms with Gasteiger partial charge in [-0.3, -0.25) is 9.80 Å². The monoisotopic (exact) mass is 344 g/mol. The summed E-state index contributed by atoms with van der Waals surface area (Å²) in [5.74, 6) is 0.827.